The van der Waals surface area contributed by atoms with Gasteiger partial charge in [0.15, 0.2) is 0 Å². The molecule has 0 unspecified atom stereocenters. The van der Waals surface area contributed by atoms with Gasteiger partial charge in [-0.3, -0.25) is 4.79 Å². The number of hydrogen-bond donors (Lipinski definition) is 2. The molecule has 0 aliphatic rings. The van der Waals surface area contributed by atoms with E-state index in [1.54, 1.807) is 24.3 Å². The first-order chi connectivity index (χ1) is 15.0. The summed E-state index contributed by atoms with van der Waals surface area (Å²) in [5.74, 6) is -0.305. The van der Waals surface area contributed by atoms with Crippen LogP contribution in [0.15, 0.2) is 42.5 Å². The summed E-state index contributed by atoms with van der Waals surface area (Å²) in [5.41, 5.74) is 0.824. The number of carbonyl (C=O) groups is 2. The summed E-state index contributed by atoms with van der Waals surface area (Å²) >= 11 is 0. The SMILES string of the molecule is CCCCCCCCCCOc1ccc(C(=O)Nc2cc(C(=O)O)ccc2OC)cc1. The van der Waals surface area contributed by atoms with Crippen molar-refractivity contribution in [3.63, 3.8) is 0 Å². The van der Waals surface area contributed by atoms with E-state index in [2.05, 4.69) is 12.2 Å². The number of carboxylic acids is 1. The summed E-state index contributed by atoms with van der Waals surface area (Å²) in [7, 11) is 1.46. The molecule has 2 aromatic rings. The van der Waals surface area contributed by atoms with Crippen molar-refractivity contribution in [1.82, 2.24) is 0 Å². The first-order valence-corrected chi connectivity index (χ1v) is 11.0. The van der Waals surface area contributed by atoms with Crippen molar-refractivity contribution in [1.29, 1.82) is 0 Å². The first kappa shape index (κ1) is 24.3. The maximum absolute atomic E-state index is 12.5. The Labute approximate surface area is 184 Å². The van der Waals surface area contributed by atoms with Crippen molar-refractivity contribution in [2.75, 3.05) is 19.0 Å². The maximum atomic E-state index is 12.5. The Balaban J connectivity index is 1.79. The number of anilines is 1. The van der Waals surface area contributed by atoms with E-state index in [1.165, 1.54) is 70.3 Å². The van der Waals surface area contributed by atoms with Gasteiger partial charge in [-0.2, -0.15) is 0 Å². The number of ether oxygens (including phenoxy) is 2. The van der Waals surface area contributed by atoms with Gasteiger partial charge in [0.1, 0.15) is 11.5 Å². The summed E-state index contributed by atoms with van der Waals surface area (Å²) in [6.45, 7) is 2.90. The third-order valence-electron chi connectivity index (χ3n) is 5.08. The molecule has 2 aromatic carbocycles. The Kier molecular flexibility index (Phi) is 10.4. The van der Waals surface area contributed by atoms with Gasteiger partial charge in [-0.1, -0.05) is 51.9 Å². The molecule has 31 heavy (non-hydrogen) atoms. The average molecular weight is 428 g/mol. The number of carboxylic acid groups (broad SMARTS) is 1. The van der Waals surface area contributed by atoms with Crippen LogP contribution in [0.1, 0.15) is 79.0 Å². The summed E-state index contributed by atoms with van der Waals surface area (Å²) < 4.78 is 11.0. The number of benzene rings is 2. The van der Waals surface area contributed by atoms with E-state index in [0.717, 1.165) is 12.2 Å². The number of nitrogens with one attached hydrogen (secondary N) is 1. The monoisotopic (exact) mass is 427 g/mol. The third kappa shape index (κ3) is 8.32. The van der Waals surface area contributed by atoms with Gasteiger partial charge in [0.25, 0.3) is 5.91 Å². The van der Waals surface area contributed by atoms with E-state index in [0.29, 0.717) is 23.6 Å². The molecule has 0 saturated heterocycles. The molecule has 2 N–H and O–H groups in total. The molecule has 0 saturated carbocycles. The van der Waals surface area contributed by atoms with Gasteiger partial charge in [0.05, 0.1) is 25.0 Å². The number of methoxy groups -OCH3 is 1. The standard InChI is InChI=1S/C25H33NO5/c1-3-4-5-6-7-8-9-10-17-31-21-14-11-19(12-15-21)24(27)26-22-18-20(25(28)29)13-16-23(22)30-2/h11-16,18H,3-10,17H2,1-2H3,(H,26,27)(H,28,29). The van der Waals surface area contributed by atoms with Crippen molar-refractivity contribution in [2.24, 2.45) is 0 Å². The van der Waals surface area contributed by atoms with Crippen LogP contribution in [0.5, 0.6) is 11.5 Å². The van der Waals surface area contributed by atoms with Crippen LogP contribution in [-0.2, 0) is 0 Å². The van der Waals surface area contributed by atoms with E-state index >= 15 is 0 Å². The Hall–Kier alpha value is -3.02. The Bertz CT molecular complexity index is 832. The molecule has 0 spiro atoms. The minimum atomic E-state index is -1.07. The largest absolute Gasteiger partial charge is 0.495 e. The van der Waals surface area contributed by atoms with Crippen LogP contribution in [0.25, 0.3) is 0 Å². The first-order valence-electron chi connectivity index (χ1n) is 11.0. The molecule has 0 heterocycles. The molecule has 0 aliphatic carbocycles. The van der Waals surface area contributed by atoms with Crippen molar-refractivity contribution in [3.05, 3.63) is 53.6 Å². The Morgan fingerprint density at radius 3 is 2.10 bits per heavy atom. The number of hydrogen-bond acceptors (Lipinski definition) is 4. The zero-order chi connectivity index (χ0) is 22.5. The fraction of sp³-hybridized carbons (Fsp3) is 0.440. The minimum absolute atomic E-state index is 0.0702. The highest BCUT2D eigenvalue weighted by Gasteiger charge is 2.13. The summed E-state index contributed by atoms with van der Waals surface area (Å²) in [6, 6.07) is 11.2. The zero-order valence-corrected chi connectivity index (χ0v) is 18.5. The number of amides is 1. The number of rotatable bonds is 14. The van der Waals surface area contributed by atoms with Gasteiger partial charge in [-0.05, 0) is 48.9 Å². The van der Waals surface area contributed by atoms with E-state index < -0.39 is 5.97 Å². The Morgan fingerprint density at radius 2 is 1.48 bits per heavy atom. The second-order valence-electron chi connectivity index (χ2n) is 7.52. The number of carbonyl (C=O) groups excluding carboxylic acids is 1. The third-order valence-corrected chi connectivity index (χ3v) is 5.08. The summed E-state index contributed by atoms with van der Waals surface area (Å²) in [4.78, 5) is 23.7. The second-order valence-corrected chi connectivity index (χ2v) is 7.52. The van der Waals surface area contributed by atoms with Gasteiger partial charge in [0.2, 0.25) is 0 Å². The maximum Gasteiger partial charge on any atom is 0.335 e. The quantitative estimate of drug-likeness (QED) is 0.352. The minimum Gasteiger partial charge on any atom is -0.495 e. The molecule has 0 bridgehead atoms. The van der Waals surface area contributed by atoms with E-state index in [-0.39, 0.29) is 11.5 Å². The molecular formula is C25H33NO5. The van der Waals surface area contributed by atoms with Crippen molar-refractivity contribution in [2.45, 2.75) is 58.3 Å². The van der Waals surface area contributed by atoms with Gasteiger partial charge >= 0.3 is 5.97 Å². The fourth-order valence-corrected chi connectivity index (χ4v) is 3.26. The van der Waals surface area contributed by atoms with Gasteiger partial charge < -0.3 is 19.9 Å². The van der Waals surface area contributed by atoms with Crippen LogP contribution in [0.4, 0.5) is 5.69 Å². The lowest BCUT2D eigenvalue weighted by Gasteiger charge is -2.11. The molecule has 6 nitrogen and oxygen atoms in total. The Morgan fingerprint density at radius 1 is 0.871 bits per heavy atom. The van der Waals surface area contributed by atoms with E-state index in [9.17, 15) is 9.59 Å². The molecular weight excluding hydrogens is 394 g/mol. The fourth-order valence-electron chi connectivity index (χ4n) is 3.26. The lowest BCUT2D eigenvalue weighted by atomic mass is 10.1. The lowest BCUT2D eigenvalue weighted by Crippen LogP contribution is -2.13. The van der Waals surface area contributed by atoms with Crippen LogP contribution in [0, 0.1) is 0 Å². The molecule has 0 radical (unpaired) electrons. The molecule has 168 valence electrons. The molecule has 0 aliphatic heterocycles. The predicted molar refractivity (Wildman–Crippen MR) is 122 cm³/mol. The van der Waals surface area contributed by atoms with E-state index in [4.69, 9.17) is 14.6 Å². The summed E-state index contributed by atoms with van der Waals surface area (Å²) in [6.07, 6.45) is 10.0. The van der Waals surface area contributed by atoms with Gasteiger partial charge in [-0.25, -0.2) is 4.79 Å². The average Bonchev–Trinajstić information content (AvgIpc) is 2.78. The smallest absolute Gasteiger partial charge is 0.335 e. The van der Waals surface area contributed by atoms with Crippen LogP contribution in [-0.4, -0.2) is 30.7 Å². The molecule has 0 aromatic heterocycles. The molecule has 2 rings (SSSR count). The van der Waals surface area contributed by atoms with Crippen LogP contribution < -0.4 is 14.8 Å². The molecule has 0 atom stereocenters. The van der Waals surface area contributed by atoms with Gasteiger partial charge in [0, 0.05) is 5.56 Å². The normalized spacial score (nSPS) is 10.5. The zero-order valence-electron chi connectivity index (χ0n) is 18.5. The number of aromatic carboxylic acids is 1. The summed E-state index contributed by atoms with van der Waals surface area (Å²) in [5, 5.41) is 11.9. The van der Waals surface area contributed by atoms with Crippen molar-refractivity contribution < 1.29 is 24.2 Å². The van der Waals surface area contributed by atoms with Gasteiger partial charge in [-0.15, -0.1) is 0 Å². The van der Waals surface area contributed by atoms with Crippen molar-refractivity contribution >= 4 is 17.6 Å². The molecule has 0 fully saturated rings. The van der Waals surface area contributed by atoms with Crippen LogP contribution in [0.3, 0.4) is 0 Å². The van der Waals surface area contributed by atoms with Crippen LogP contribution in [0.2, 0.25) is 0 Å². The highest BCUT2D eigenvalue weighted by molar-refractivity contribution is 6.05. The lowest BCUT2D eigenvalue weighted by molar-refractivity contribution is 0.0696. The topological polar surface area (TPSA) is 84.9 Å². The predicted octanol–water partition coefficient (Wildman–Crippen LogP) is 6.17. The van der Waals surface area contributed by atoms with Crippen LogP contribution >= 0.6 is 0 Å². The highest BCUT2D eigenvalue weighted by Crippen LogP contribution is 2.26. The van der Waals surface area contributed by atoms with Crippen molar-refractivity contribution in [3.8, 4) is 11.5 Å². The molecule has 6 heteroatoms. The van der Waals surface area contributed by atoms with E-state index in [1.807, 2.05) is 0 Å². The molecule has 1 amide bonds. The highest BCUT2D eigenvalue weighted by atomic mass is 16.5. The second kappa shape index (κ2) is 13.3. The number of unbranched alkanes of at least 4 members (excludes halogenated alkanes) is 7.